The third-order valence-electron chi connectivity index (χ3n) is 6.26. The quantitative estimate of drug-likeness (QED) is 0.567. The van der Waals surface area contributed by atoms with Gasteiger partial charge < -0.3 is 29.2 Å². The topological polar surface area (TPSA) is 64.6 Å². The minimum atomic E-state index is 0.118. The fourth-order valence-corrected chi connectivity index (χ4v) is 4.61. The molecule has 1 aromatic carbocycles. The van der Waals surface area contributed by atoms with Crippen molar-refractivity contribution in [2.24, 2.45) is 4.99 Å². The molecule has 2 heterocycles. The van der Waals surface area contributed by atoms with Crippen molar-refractivity contribution in [1.29, 1.82) is 0 Å². The molecule has 4 rings (SSSR count). The van der Waals surface area contributed by atoms with Gasteiger partial charge in [-0.1, -0.05) is 6.07 Å². The second-order valence-electron chi connectivity index (χ2n) is 8.32. The Hall–Kier alpha value is -1.99. The number of nitrogens with one attached hydrogen (secondary N) is 1. The summed E-state index contributed by atoms with van der Waals surface area (Å²) < 4.78 is 23.6. The zero-order valence-corrected chi connectivity index (χ0v) is 18.3. The summed E-state index contributed by atoms with van der Waals surface area (Å²) in [6, 6.07) is 6.16. The highest BCUT2D eigenvalue weighted by Gasteiger charge is 2.32. The number of nitrogens with zero attached hydrogens (tertiary/aromatic N) is 2. The number of hydrogen-bond acceptors (Lipinski definition) is 5. The van der Waals surface area contributed by atoms with Gasteiger partial charge in [-0.2, -0.15) is 0 Å². The molecular weight excluding hydrogens is 382 g/mol. The van der Waals surface area contributed by atoms with Crippen molar-refractivity contribution >= 4 is 5.96 Å². The normalized spacial score (nSPS) is 25.5. The van der Waals surface area contributed by atoms with Crippen LogP contribution in [0.2, 0.25) is 0 Å². The first-order chi connectivity index (χ1) is 14.8. The van der Waals surface area contributed by atoms with Crippen molar-refractivity contribution < 1.29 is 18.9 Å². The molecular formula is C23H35N3O4. The van der Waals surface area contributed by atoms with E-state index in [1.165, 1.54) is 12.8 Å². The Labute approximate surface area is 179 Å². The second kappa shape index (κ2) is 10.4. The molecule has 3 fully saturated rings. The third-order valence-corrected chi connectivity index (χ3v) is 6.26. The van der Waals surface area contributed by atoms with Crippen LogP contribution in [-0.2, 0) is 16.0 Å². The molecule has 2 saturated heterocycles. The van der Waals surface area contributed by atoms with Crippen LogP contribution in [0.5, 0.6) is 11.5 Å². The molecule has 1 aromatic rings. The molecule has 2 atom stereocenters. The zero-order valence-electron chi connectivity index (χ0n) is 18.3. The predicted octanol–water partition coefficient (Wildman–Crippen LogP) is 2.97. The van der Waals surface area contributed by atoms with Gasteiger partial charge in [0, 0.05) is 33.3 Å². The Balaban J connectivity index is 1.36. The lowest BCUT2D eigenvalue weighted by molar-refractivity contribution is -0.0817. The summed E-state index contributed by atoms with van der Waals surface area (Å²) in [7, 11) is 3.53. The summed E-state index contributed by atoms with van der Waals surface area (Å²) >= 11 is 0. The lowest BCUT2D eigenvalue weighted by Crippen LogP contribution is -2.53. The summed E-state index contributed by atoms with van der Waals surface area (Å²) in [5.41, 5.74) is 1.15. The van der Waals surface area contributed by atoms with E-state index in [1.54, 1.807) is 7.11 Å². The molecule has 0 spiro atoms. The van der Waals surface area contributed by atoms with Crippen molar-refractivity contribution in [3.63, 3.8) is 0 Å². The van der Waals surface area contributed by atoms with Gasteiger partial charge in [-0.25, -0.2) is 0 Å². The van der Waals surface area contributed by atoms with Crippen molar-refractivity contribution in [2.45, 2.75) is 63.4 Å². The fraction of sp³-hybridized carbons (Fsp3) is 0.696. The summed E-state index contributed by atoms with van der Waals surface area (Å²) in [6.07, 6.45) is 7.59. The van der Waals surface area contributed by atoms with Crippen LogP contribution in [0, 0.1) is 0 Å². The monoisotopic (exact) mass is 417 g/mol. The molecule has 2 aliphatic heterocycles. The molecule has 0 bridgehead atoms. The summed E-state index contributed by atoms with van der Waals surface area (Å²) in [6.45, 7) is 3.87. The first-order valence-electron chi connectivity index (χ1n) is 11.3. The molecule has 0 aromatic heterocycles. The number of aliphatic imine (C=N–C) groups is 1. The van der Waals surface area contributed by atoms with Crippen LogP contribution in [0.4, 0.5) is 0 Å². The lowest BCUT2D eigenvalue weighted by atomic mass is 10.1. The Bertz CT molecular complexity index is 714. The average Bonchev–Trinajstić information content (AvgIpc) is 3.49. The highest BCUT2D eigenvalue weighted by molar-refractivity contribution is 5.80. The van der Waals surface area contributed by atoms with Crippen LogP contribution in [0.15, 0.2) is 23.2 Å². The van der Waals surface area contributed by atoms with Gasteiger partial charge in [-0.15, -0.1) is 0 Å². The van der Waals surface area contributed by atoms with Crippen molar-refractivity contribution in [2.75, 3.05) is 40.5 Å². The molecule has 2 unspecified atom stereocenters. The van der Waals surface area contributed by atoms with E-state index in [4.69, 9.17) is 18.9 Å². The van der Waals surface area contributed by atoms with Gasteiger partial charge in [0.1, 0.15) is 6.10 Å². The van der Waals surface area contributed by atoms with E-state index in [0.29, 0.717) is 19.3 Å². The maximum absolute atomic E-state index is 6.23. The molecule has 1 aliphatic carbocycles. The number of hydrogen-bond donors (Lipinski definition) is 1. The average molecular weight is 418 g/mol. The molecule has 1 N–H and O–H groups in total. The summed E-state index contributed by atoms with van der Waals surface area (Å²) in [5.74, 6) is 2.53. The SMILES string of the molecule is CN=C(NCc1ccc(OC)c(OC2CCCC2)c1)N1CCOC(C2CCCO2)C1. The molecule has 1 saturated carbocycles. The van der Waals surface area contributed by atoms with Crippen LogP contribution in [0.3, 0.4) is 0 Å². The predicted molar refractivity (Wildman–Crippen MR) is 116 cm³/mol. The van der Waals surface area contributed by atoms with Crippen LogP contribution in [-0.4, -0.2) is 69.6 Å². The Morgan fingerprint density at radius 2 is 1.93 bits per heavy atom. The maximum atomic E-state index is 6.23. The number of benzene rings is 1. The van der Waals surface area contributed by atoms with Crippen molar-refractivity contribution in [1.82, 2.24) is 10.2 Å². The van der Waals surface area contributed by atoms with Gasteiger partial charge in [-0.05, 0) is 56.2 Å². The summed E-state index contributed by atoms with van der Waals surface area (Å²) in [5, 5.41) is 3.51. The third kappa shape index (κ3) is 5.19. The maximum Gasteiger partial charge on any atom is 0.194 e. The largest absolute Gasteiger partial charge is 0.493 e. The molecule has 0 amide bonds. The molecule has 7 heteroatoms. The van der Waals surface area contributed by atoms with Gasteiger partial charge >= 0.3 is 0 Å². The number of rotatable bonds is 6. The van der Waals surface area contributed by atoms with Crippen LogP contribution in [0.25, 0.3) is 0 Å². The molecule has 166 valence electrons. The van der Waals surface area contributed by atoms with E-state index in [-0.39, 0.29) is 12.2 Å². The highest BCUT2D eigenvalue weighted by Crippen LogP contribution is 2.32. The second-order valence-corrected chi connectivity index (χ2v) is 8.32. The Morgan fingerprint density at radius 3 is 2.67 bits per heavy atom. The molecule has 3 aliphatic rings. The smallest absolute Gasteiger partial charge is 0.194 e. The first-order valence-corrected chi connectivity index (χ1v) is 11.3. The minimum Gasteiger partial charge on any atom is -0.493 e. The van der Waals surface area contributed by atoms with E-state index in [0.717, 1.165) is 68.4 Å². The van der Waals surface area contributed by atoms with E-state index in [9.17, 15) is 0 Å². The molecule has 7 nitrogen and oxygen atoms in total. The van der Waals surface area contributed by atoms with E-state index in [2.05, 4.69) is 27.3 Å². The summed E-state index contributed by atoms with van der Waals surface area (Å²) in [4.78, 5) is 6.78. The Morgan fingerprint density at radius 1 is 1.10 bits per heavy atom. The number of morpholine rings is 1. The van der Waals surface area contributed by atoms with Crippen molar-refractivity contribution in [3.8, 4) is 11.5 Å². The molecule has 0 radical (unpaired) electrons. The fourth-order valence-electron chi connectivity index (χ4n) is 4.61. The van der Waals surface area contributed by atoms with E-state index >= 15 is 0 Å². The zero-order chi connectivity index (χ0) is 20.8. The van der Waals surface area contributed by atoms with Crippen LogP contribution in [0.1, 0.15) is 44.1 Å². The van der Waals surface area contributed by atoms with Crippen LogP contribution < -0.4 is 14.8 Å². The van der Waals surface area contributed by atoms with Gasteiger partial charge in [0.05, 0.1) is 25.9 Å². The highest BCUT2D eigenvalue weighted by atomic mass is 16.5. The van der Waals surface area contributed by atoms with Crippen LogP contribution >= 0.6 is 0 Å². The first kappa shape index (κ1) is 21.2. The van der Waals surface area contributed by atoms with E-state index < -0.39 is 0 Å². The van der Waals surface area contributed by atoms with Crippen molar-refractivity contribution in [3.05, 3.63) is 23.8 Å². The minimum absolute atomic E-state index is 0.118. The Kier molecular flexibility index (Phi) is 7.33. The number of ether oxygens (including phenoxy) is 4. The van der Waals surface area contributed by atoms with Gasteiger partial charge in [0.15, 0.2) is 17.5 Å². The van der Waals surface area contributed by atoms with Gasteiger partial charge in [0.2, 0.25) is 0 Å². The molecule has 30 heavy (non-hydrogen) atoms. The van der Waals surface area contributed by atoms with Gasteiger partial charge in [-0.3, -0.25) is 4.99 Å². The standard InChI is InChI=1S/C23H35N3O4/c1-24-23(26-11-13-29-22(16-26)20-8-5-12-28-20)25-15-17-9-10-19(27-2)21(14-17)30-18-6-3-4-7-18/h9-10,14,18,20,22H,3-8,11-13,15-16H2,1-2H3,(H,24,25). The number of methoxy groups -OCH3 is 1. The van der Waals surface area contributed by atoms with Gasteiger partial charge in [0.25, 0.3) is 0 Å². The lowest BCUT2D eigenvalue weighted by Gasteiger charge is -2.37. The van der Waals surface area contributed by atoms with E-state index in [1.807, 2.05) is 13.1 Å². The number of guanidine groups is 1.